The van der Waals surface area contributed by atoms with Gasteiger partial charge in [-0.3, -0.25) is 4.68 Å². The summed E-state index contributed by atoms with van der Waals surface area (Å²) < 4.78 is 7.32. The van der Waals surface area contributed by atoms with Crippen LogP contribution in [0.5, 0.6) is 11.6 Å². The van der Waals surface area contributed by atoms with Gasteiger partial charge >= 0.3 is 0 Å². The number of nitrogens with two attached hydrogens (primary N) is 1. The molecule has 0 amide bonds. The smallest absolute Gasteiger partial charge is 0.242 e. The van der Waals surface area contributed by atoms with E-state index in [9.17, 15) is 0 Å². The standard InChI is InChI=1S/C11H13ClN4O/c1-2-3-16-7-9(6-15-16)17-11-10(13)4-8(12)5-14-11/h4-7H,2-3,13H2,1H3. The van der Waals surface area contributed by atoms with Crippen LogP contribution in [0.3, 0.4) is 0 Å². The molecule has 6 heteroatoms. The summed E-state index contributed by atoms with van der Waals surface area (Å²) in [6.07, 6.45) is 5.94. The van der Waals surface area contributed by atoms with E-state index in [1.807, 2.05) is 0 Å². The highest BCUT2D eigenvalue weighted by Gasteiger charge is 2.06. The van der Waals surface area contributed by atoms with Gasteiger partial charge in [0.2, 0.25) is 5.88 Å². The quantitative estimate of drug-likeness (QED) is 0.909. The first-order valence-corrected chi connectivity index (χ1v) is 5.68. The third-order valence-electron chi connectivity index (χ3n) is 2.12. The van der Waals surface area contributed by atoms with Crippen molar-refractivity contribution in [2.24, 2.45) is 0 Å². The van der Waals surface area contributed by atoms with Crippen LogP contribution in [0, 0.1) is 0 Å². The Bertz CT molecular complexity index is 512. The minimum Gasteiger partial charge on any atom is -0.434 e. The summed E-state index contributed by atoms with van der Waals surface area (Å²) in [5, 5.41) is 4.63. The highest BCUT2D eigenvalue weighted by molar-refractivity contribution is 6.30. The van der Waals surface area contributed by atoms with Crippen molar-refractivity contribution in [1.82, 2.24) is 14.8 Å². The Morgan fingerprint density at radius 1 is 1.47 bits per heavy atom. The van der Waals surface area contributed by atoms with Crippen molar-refractivity contribution in [3.05, 3.63) is 29.7 Å². The summed E-state index contributed by atoms with van der Waals surface area (Å²) in [6.45, 7) is 2.94. The molecule has 5 nitrogen and oxygen atoms in total. The lowest BCUT2D eigenvalue weighted by Gasteiger charge is -2.04. The average molecular weight is 253 g/mol. The molecule has 0 aliphatic rings. The number of halogens is 1. The number of anilines is 1. The van der Waals surface area contributed by atoms with Gasteiger partial charge in [-0.15, -0.1) is 0 Å². The van der Waals surface area contributed by atoms with Crippen LogP contribution in [0.15, 0.2) is 24.7 Å². The van der Waals surface area contributed by atoms with Gasteiger partial charge in [0.15, 0.2) is 5.75 Å². The van der Waals surface area contributed by atoms with Crippen LogP contribution in [0.2, 0.25) is 5.02 Å². The highest BCUT2D eigenvalue weighted by atomic mass is 35.5. The number of aromatic nitrogens is 3. The molecule has 0 unspecified atom stereocenters. The maximum Gasteiger partial charge on any atom is 0.242 e. The van der Waals surface area contributed by atoms with Crippen LogP contribution in [0.4, 0.5) is 5.69 Å². The van der Waals surface area contributed by atoms with E-state index in [0.29, 0.717) is 22.3 Å². The van der Waals surface area contributed by atoms with Crippen molar-refractivity contribution in [3.63, 3.8) is 0 Å². The zero-order valence-corrected chi connectivity index (χ0v) is 10.2. The summed E-state index contributed by atoms with van der Waals surface area (Å²) in [7, 11) is 0. The van der Waals surface area contributed by atoms with E-state index in [1.165, 1.54) is 6.20 Å². The third-order valence-corrected chi connectivity index (χ3v) is 2.33. The van der Waals surface area contributed by atoms with E-state index < -0.39 is 0 Å². The summed E-state index contributed by atoms with van der Waals surface area (Å²) in [4.78, 5) is 4.01. The topological polar surface area (TPSA) is 66.0 Å². The Kier molecular flexibility index (Phi) is 3.49. The van der Waals surface area contributed by atoms with Gasteiger partial charge in [0.25, 0.3) is 0 Å². The Morgan fingerprint density at radius 2 is 2.29 bits per heavy atom. The predicted octanol–water partition coefficient (Wildman–Crippen LogP) is 2.72. The van der Waals surface area contributed by atoms with Gasteiger partial charge in [0.1, 0.15) is 0 Å². The molecule has 0 saturated heterocycles. The van der Waals surface area contributed by atoms with E-state index in [-0.39, 0.29) is 0 Å². The molecular formula is C11H13ClN4O. The molecule has 2 N–H and O–H groups in total. The van der Waals surface area contributed by atoms with Crippen molar-refractivity contribution in [1.29, 1.82) is 0 Å². The monoisotopic (exact) mass is 252 g/mol. The number of nitrogens with zero attached hydrogens (tertiary/aromatic N) is 3. The van der Waals surface area contributed by atoms with E-state index in [0.717, 1.165) is 13.0 Å². The van der Waals surface area contributed by atoms with Crippen LogP contribution >= 0.6 is 11.6 Å². The summed E-state index contributed by atoms with van der Waals surface area (Å²) in [5.41, 5.74) is 6.14. The average Bonchev–Trinajstić information content (AvgIpc) is 2.71. The van der Waals surface area contributed by atoms with Crippen LogP contribution in [-0.4, -0.2) is 14.8 Å². The number of hydrogen-bond acceptors (Lipinski definition) is 4. The third kappa shape index (κ3) is 2.88. The summed E-state index contributed by atoms with van der Waals surface area (Å²) in [5.74, 6) is 0.949. The van der Waals surface area contributed by atoms with E-state index in [2.05, 4.69) is 17.0 Å². The number of pyridine rings is 1. The van der Waals surface area contributed by atoms with Crippen LogP contribution in [0.25, 0.3) is 0 Å². The van der Waals surface area contributed by atoms with Gasteiger partial charge in [-0.05, 0) is 12.5 Å². The lowest BCUT2D eigenvalue weighted by atomic mass is 10.4. The van der Waals surface area contributed by atoms with Crippen LogP contribution < -0.4 is 10.5 Å². The Morgan fingerprint density at radius 3 is 3.00 bits per heavy atom. The maximum absolute atomic E-state index is 5.75. The summed E-state index contributed by atoms with van der Waals surface area (Å²) in [6, 6.07) is 1.60. The SMILES string of the molecule is CCCn1cc(Oc2ncc(Cl)cc2N)cn1. The molecule has 0 aliphatic carbocycles. The fraction of sp³-hybridized carbons (Fsp3) is 0.273. The Balaban J connectivity index is 2.13. The minimum atomic E-state index is 0.338. The fourth-order valence-electron chi connectivity index (χ4n) is 1.39. The number of hydrogen-bond donors (Lipinski definition) is 1. The van der Waals surface area contributed by atoms with E-state index in [1.54, 1.807) is 23.1 Å². The molecule has 0 bridgehead atoms. The molecular weight excluding hydrogens is 240 g/mol. The second-order valence-corrected chi connectivity index (χ2v) is 4.03. The number of rotatable bonds is 4. The summed E-state index contributed by atoms with van der Waals surface area (Å²) >= 11 is 5.75. The minimum absolute atomic E-state index is 0.338. The largest absolute Gasteiger partial charge is 0.434 e. The second-order valence-electron chi connectivity index (χ2n) is 3.59. The molecule has 2 aromatic rings. The molecule has 0 fully saturated rings. The first-order valence-electron chi connectivity index (χ1n) is 5.30. The van der Waals surface area contributed by atoms with Crippen molar-refractivity contribution in [2.75, 3.05) is 5.73 Å². The molecule has 2 rings (SSSR count). The normalized spacial score (nSPS) is 10.5. The fourth-order valence-corrected chi connectivity index (χ4v) is 1.55. The predicted molar refractivity (Wildman–Crippen MR) is 66.3 cm³/mol. The number of nitrogen functional groups attached to an aromatic ring is 1. The van der Waals surface area contributed by atoms with Gasteiger partial charge in [0.05, 0.1) is 23.1 Å². The lowest BCUT2D eigenvalue weighted by molar-refractivity contribution is 0.464. The Labute approximate surface area is 104 Å². The number of ether oxygens (including phenoxy) is 1. The molecule has 0 spiro atoms. The molecule has 0 saturated carbocycles. The van der Waals surface area contributed by atoms with E-state index >= 15 is 0 Å². The molecule has 0 radical (unpaired) electrons. The molecule has 0 aliphatic heterocycles. The molecule has 90 valence electrons. The Hall–Kier alpha value is -1.75. The lowest BCUT2D eigenvalue weighted by Crippen LogP contribution is -1.96. The number of aryl methyl sites for hydroxylation is 1. The molecule has 2 aromatic heterocycles. The van der Waals surface area contributed by atoms with Crippen LogP contribution in [0.1, 0.15) is 13.3 Å². The maximum atomic E-state index is 5.75. The van der Waals surface area contributed by atoms with Gasteiger partial charge in [-0.1, -0.05) is 18.5 Å². The molecule has 0 atom stereocenters. The van der Waals surface area contributed by atoms with Crippen LogP contribution in [-0.2, 0) is 6.54 Å². The van der Waals surface area contributed by atoms with Gasteiger partial charge in [0, 0.05) is 12.7 Å². The van der Waals surface area contributed by atoms with Crippen molar-refractivity contribution >= 4 is 17.3 Å². The molecule has 0 aromatic carbocycles. The van der Waals surface area contributed by atoms with Crippen molar-refractivity contribution in [3.8, 4) is 11.6 Å². The van der Waals surface area contributed by atoms with Crippen molar-refractivity contribution < 1.29 is 4.74 Å². The molecule has 17 heavy (non-hydrogen) atoms. The van der Waals surface area contributed by atoms with Crippen molar-refractivity contribution in [2.45, 2.75) is 19.9 Å². The molecule has 2 heterocycles. The highest BCUT2D eigenvalue weighted by Crippen LogP contribution is 2.26. The zero-order valence-electron chi connectivity index (χ0n) is 9.43. The van der Waals surface area contributed by atoms with Gasteiger partial charge in [-0.25, -0.2) is 4.98 Å². The van der Waals surface area contributed by atoms with Gasteiger partial charge < -0.3 is 10.5 Å². The first-order chi connectivity index (χ1) is 8.19. The zero-order chi connectivity index (χ0) is 12.3. The second kappa shape index (κ2) is 5.05. The van der Waals surface area contributed by atoms with Gasteiger partial charge in [-0.2, -0.15) is 5.10 Å². The first kappa shape index (κ1) is 11.7. The van der Waals surface area contributed by atoms with E-state index in [4.69, 9.17) is 22.1 Å².